The van der Waals surface area contributed by atoms with E-state index in [1.807, 2.05) is 52.5 Å². The Morgan fingerprint density at radius 1 is 1.35 bits per heavy atom. The van der Waals surface area contributed by atoms with Crippen LogP contribution in [0, 0.1) is 0 Å². The average molecular weight is 288 g/mol. The molecule has 0 bridgehead atoms. The average Bonchev–Trinajstić information content (AvgIpc) is 3.01. The second-order valence-corrected chi connectivity index (χ2v) is 5.71. The first-order chi connectivity index (χ1) is 9.71. The topological polar surface area (TPSA) is 46.8 Å². The Bertz CT molecular complexity index is 664. The van der Waals surface area contributed by atoms with E-state index in [4.69, 9.17) is 4.74 Å². The molecule has 1 unspecified atom stereocenters. The molecule has 3 aromatic rings. The smallest absolute Gasteiger partial charge is 0.193 e. The van der Waals surface area contributed by atoms with Crippen LogP contribution in [0.25, 0.3) is 4.96 Å². The van der Waals surface area contributed by atoms with Gasteiger partial charge in [0.1, 0.15) is 5.60 Å². The lowest BCUT2D eigenvalue weighted by atomic mass is 9.90. The second kappa shape index (κ2) is 5.36. The molecule has 0 saturated carbocycles. The summed E-state index contributed by atoms with van der Waals surface area (Å²) in [5.74, 6) is 0. The zero-order valence-electron chi connectivity index (χ0n) is 11.2. The number of benzene rings is 1. The van der Waals surface area contributed by atoms with E-state index in [0.29, 0.717) is 6.42 Å². The third-order valence-corrected chi connectivity index (χ3v) is 4.08. The summed E-state index contributed by atoms with van der Waals surface area (Å²) in [7, 11) is 1.60. The number of imidazole rings is 1. The largest absolute Gasteiger partial charge is 0.382 e. The van der Waals surface area contributed by atoms with Gasteiger partial charge in [-0.05, 0) is 5.56 Å². The van der Waals surface area contributed by atoms with Crippen LogP contribution in [0.4, 0.5) is 0 Å². The summed E-state index contributed by atoms with van der Waals surface area (Å²) in [5.41, 5.74) is 0.651. The molecule has 0 aliphatic heterocycles. The van der Waals surface area contributed by atoms with Gasteiger partial charge in [-0.3, -0.25) is 4.40 Å². The van der Waals surface area contributed by atoms with Crippen molar-refractivity contribution in [2.75, 3.05) is 13.7 Å². The molecular formula is C15H16N2O2S. The quantitative estimate of drug-likeness (QED) is 0.784. The Hall–Kier alpha value is -1.69. The Balaban J connectivity index is 1.92. The highest BCUT2D eigenvalue weighted by Gasteiger charge is 2.30. The summed E-state index contributed by atoms with van der Waals surface area (Å²) >= 11 is 1.58. The summed E-state index contributed by atoms with van der Waals surface area (Å²) in [6.07, 6.45) is 4.35. The van der Waals surface area contributed by atoms with E-state index in [2.05, 4.69) is 4.98 Å². The van der Waals surface area contributed by atoms with Crippen molar-refractivity contribution in [2.24, 2.45) is 0 Å². The fraction of sp³-hybridized carbons (Fsp3) is 0.267. The molecule has 0 amide bonds. The molecule has 2 heterocycles. The monoisotopic (exact) mass is 288 g/mol. The molecule has 0 aliphatic rings. The first kappa shape index (κ1) is 13.3. The van der Waals surface area contributed by atoms with Crippen LogP contribution < -0.4 is 0 Å². The number of rotatable bonds is 5. The number of fused-ring (bicyclic) bond motifs is 1. The van der Waals surface area contributed by atoms with E-state index in [9.17, 15) is 5.11 Å². The van der Waals surface area contributed by atoms with Crippen LogP contribution >= 0.6 is 11.3 Å². The van der Waals surface area contributed by atoms with Crippen molar-refractivity contribution in [2.45, 2.75) is 12.0 Å². The molecule has 2 aromatic heterocycles. The van der Waals surface area contributed by atoms with E-state index in [-0.39, 0.29) is 6.61 Å². The molecule has 0 spiro atoms. The minimum atomic E-state index is -1.06. The van der Waals surface area contributed by atoms with Crippen LogP contribution in [0.15, 0.2) is 48.1 Å². The van der Waals surface area contributed by atoms with Crippen molar-refractivity contribution >= 4 is 16.3 Å². The van der Waals surface area contributed by atoms with Gasteiger partial charge in [-0.15, -0.1) is 11.3 Å². The van der Waals surface area contributed by atoms with Crippen molar-refractivity contribution in [1.29, 1.82) is 0 Å². The predicted molar refractivity (Wildman–Crippen MR) is 79.0 cm³/mol. The summed E-state index contributed by atoms with van der Waals surface area (Å²) in [6, 6.07) is 9.60. The van der Waals surface area contributed by atoms with Crippen LogP contribution in [0.1, 0.15) is 11.3 Å². The molecule has 3 rings (SSSR count). The number of aromatic nitrogens is 2. The number of thiazole rings is 1. The molecule has 0 radical (unpaired) electrons. The van der Waals surface area contributed by atoms with Gasteiger partial charge in [0, 0.05) is 31.3 Å². The number of aliphatic hydroxyl groups is 1. The van der Waals surface area contributed by atoms with Crippen molar-refractivity contribution in [3.63, 3.8) is 0 Å². The van der Waals surface area contributed by atoms with Crippen LogP contribution in [0.5, 0.6) is 0 Å². The van der Waals surface area contributed by atoms with Gasteiger partial charge in [-0.2, -0.15) is 0 Å². The third kappa shape index (κ3) is 2.47. The van der Waals surface area contributed by atoms with Gasteiger partial charge in [-0.25, -0.2) is 4.98 Å². The SMILES string of the molecule is COCC(O)(Cc1cn2ccsc2n1)c1ccccc1. The maximum atomic E-state index is 10.9. The predicted octanol–water partition coefficient (Wildman–Crippen LogP) is 2.47. The van der Waals surface area contributed by atoms with Gasteiger partial charge in [-0.1, -0.05) is 30.3 Å². The zero-order chi connectivity index (χ0) is 14.0. The molecule has 1 N–H and O–H groups in total. The molecule has 104 valence electrons. The molecule has 5 heteroatoms. The van der Waals surface area contributed by atoms with E-state index in [0.717, 1.165) is 16.2 Å². The van der Waals surface area contributed by atoms with Gasteiger partial charge in [0.15, 0.2) is 4.96 Å². The van der Waals surface area contributed by atoms with Crippen molar-refractivity contribution in [3.05, 3.63) is 59.4 Å². The van der Waals surface area contributed by atoms with E-state index in [1.54, 1.807) is 18.4 Å². The minimum Gasteiger partial charge on any atom is -0.382 e. The van der Waals surface area contributed by atoms with Gasteiger partial charge in [0.05, 0.1) is 12.3 Å². The van der Waals surface area contributed by atoms with Crippen molar-refractivity contribution in [3.8, 4) is 0 Å². The molecule has 0 saturated heterocycles. The maximum Gasteiger partial charge on any atom is 0.193 e. The van der Waals surface area contributed by atoms with Crippen molar-refractivity contribution < 1.29 is 9.84 Å². The Morgan fingerprint density at radius 3 is 2.85 bits per heavy atom. The summed E-state index contributed by atoms with van der Waals surface area (Å²) < 4.78 is 7.18. The van der Waals surface area contributed by atoms with Gasteiger partial charge in [0.25, 0.3) is 0 Å². The van der Waals surface area contributed by atoms with Gasteiger partial charge in [0.2, 0.25) is 0 Å². The van der Waals surface area contributed by atoms with Crippen LogP contribution in [-0.4, -0.2) is 28.2 Å². The van der Waals surface area contributed by atoms with Crippen LogP contribution in [0.2, 0.25) is 0 Å². The fourth-order valence-corrected chi connectivity index (χ4v) is 3.10. The molecule has 20 heavy (non-hydrogen) atoms. The highest BCUT2D eigenvalue weighted by Crippen LogP contribution is 2.26. The molecular weight excluding hydrogens is 272 g/mol. The lowest BCUT2D eigenvalue weighted by molar-refractivity contribution is -0.0361. The molecule has 0 aliphatic carbocycles. The maximum absolute atomic E-state index is 10.9. The molecule has 1 aromatic carbocycles. The number of hydrogen-bond donors (Lipinski definition) is 1. The molecule has 4 nitrogen and oxygen atoms in total. The number of ether oxygens (including phenoxy) is 1. The minimum absolute atomic E-state index is 0.238. The number of nitrogens with zero attached hydrogens (tertiary/aromatic N) is 2. The van der Waals surface area contributed by atoms with E-state index < -0.39 is 5.60 Å². The summed E-state index contributed by atoms with van der Waals surface area (Å²) in [5, 5.41) is 12.9. The molecule has 1 atom stereocenters. The number of hydrogen-bond acceptors (Lipinski definition) is 4. The fourth-order valence-electron chi connectivity index (χ4n) is 2.38. The third-order valence-electron chi connectivity index (χ3n) is 3.31. The summed E-state index contributed by atoms with van der Waals surface area (Å²) in [6.45, 7) is 0.238. The number of methoxy groups -OCH3 is 1. The zero-order valence-corrected chi connectivity index (χ0v) is 12.0. The highest BCUT2D eigenvalue weighted by molar-refractivity contribution is 7.15. The first-order valence-electron chi connectivity index (χ1n) is 6.39. The lowest BCUT2D eigenvalue weighted by Gasteiger charge is -2.27. The summed E-state index contributed by atoms with van der Waals surface area (Å²) in [4.78, 5) is 5.47. The Morgan fingerprint density at radius 2 is 2.15 bits per heavy atom. The van der Waals surface area contributed by atoms with Gasteiger partial charge >= 0.3 is 0 Å². The Kier molecular flexibility index (Phi) is 3.56. The van der Waals surface area contributed by atoms with Crippen molar-refractivity contribution in [1.82, 2.24) is 9.38 Å². The lowest BCUT2D eigenvalue weighted by Crippen LogP contribution is -2.34. The van der Waals surface area contributed by atoms with E-state index in [1.165, 1.54) is 0 Å². The van der Waals surface area contributed by atoms with Crippen LogP contribution in [0.3, 0.4) is 0 Å². The normalized spacial score (nSPS) is 14.5. The Labute approximate surface area is 121 Å². The highest BCUT2D eigenvalue weighted by atomic mass is 32.1. The van der Waals surface area contributed by atoms with Crippen LogP contribution in [-0.2, 0) is 16.8 Å². The standard InChI is InChI=1S/C15H16N2O2S/c1-19-11-15(18,12-5-3-2-4-6-12)9-13-10-17-7-8-20-14(17)16-13/h2-8,10,18H,9,11H2,1H3. The molecule has 0 fully saturated rings. The van der Waals surface area contributed by atoms with E-state index >= 15 is 0 Å². The first-order valence-corrected chi connectivity index (χ1v) is 7.27. The van der Waals surface area contributed by atoms with Gasteiger partial charge < -0.3 is 9.84 Å². The second-order valence-electron chi connectivity index (χ2n) is 4.83.